The Morgan fingerprint density at radius 2 is 1.94 bits per heavy atom. The molecule has 0 N–H and O–H groups in total. The van der Waals surface area contributed by atoms with Crippen molar-refractivity contribution in [3.05, 3.63) is 39.9 Å². The fourth-order valence-electron chi connectivity index (χ4n) is 1.22. The van der Waals surface area contributed by atoms with Crippen LogP contribution in [0.25, 0.3) is 6.08 Å². The van der Waals surface area contributed by atoms with Crippen molar-refractivity contribution >= 4 is 47.5 Å². The standard InChI is InChI=1S/C13H15Cl2NO.ClH/c1-16(2)8-7-11(17)5-3-10-4-6-12(14)13(15)9-10;/h3-6,9H,7-8H2,1-2H3;1H/b5-3+;. The van der Waals surface area contributed by atoms with Gasteiger partial charge in [0.25, 0.3) is 0 Å². The van der Waals surface area contributed by atoms with Gasteiger partial charge in [-0.1, -0.05) is 35.3 Å². The Balaban J connectivity index is 0.00000289. The second-order valence-corrected chi connectivity index (χ2v) is 4.84. The maximum Gasteiger partial charge on any atom is 0.156 e. The number of hydrogen-bond acceptors (Lipinski definition) is 2. The first-order valence-electron chi connectivity index (χ1n) is 5.30. The topological polar surface area (TPSA) is 20.3 Å². The van der Waals surface area contributed by atoms with Crippen LogP contribution in [0.1, 0.15) is 12.0 Å². The number of ketones is 1. The Morgan fingerprint density at radius 3 is 2.50 bits per heavy atom. The van der Waals surface area contributed by atoms with Crippen molar-refractivity contribution in [3.63, 3.8) is 0 Å². The summed E-state index contributed by atoms with van der Waals surface area (Å²) >= 11 is 11.7. The minimum atomic E-state index is 0. The van der Waals surface area contributed by atoms with Gasteiger partial charge in [-0.15, -0.1) is 12.4 Å². The first-order valence-corrected chi connectivity index (χ1v) is 6.05. The molecule has 0 unspecified atom stereocenters. The van der Waals surface area contributed by atoms with Crippen LogP contribution < -0.4 is 0 Å². The molecule has 0 saturated heterocycles. The van der Waals surface area contributed by atoms with E-state index >= 15 is 0 Å². The highest BCUT2D eigenvalue weighted by molar-refractivity contribution is 6.42. The van der Waals surface area contributed by atoms with Gasteiger partial charge in [-0.05, 0) is 37.9 Å². The van der Waals surface area contributed by atoms with Crippen LogP contribution in [0.5, 0.6) is 0 Å². The number of benzene rings is 1. The van der Waals surface area contributed by atoms with E-state index < -0.39 is 0 Å². The summed E-state index contributed by atoms with van der Waals surface area (Å²) < 4.78 is 0. The lowest BCUT2D eigenvalue weighted by atomic mass is 10.1. The quantitative estimate of drug-likeness (QED) is 0.768. The van der Waals surface area contributed by atoms with Crippen molar-refractivity contribution in [1.29, 1.82) is 0 Å². The predicted octanol–water partition coefficient (Wildman–Crippen LogP) is 3.95. The number of halogens is 3. The van der Waals surface area contributed by atoms with Crippen LogP contribution in [-0.2, 0) is 4.79 Å². The molecule has 100 valence electrons. The van der Waals surface area contributed by atoms with E-state index in [1.807, 2.05) is 25.1 Å². The number of carbonyl (C=O) groups excluding carboxylic acids is 1. The second kappa shape index (κ2) is 8.54. The lowest BCUT2D eigenvalue weighted by molar-refractivity contribution is -0.114. The van der Waals surface area contributed by atoms with Crippen LogP contribution in [0.4, 0.5) is 0 Å². The van der Waals surface area contributed by atoms with Crippen LogP contribution in [0.3, 0.4) is 0 Å². The molecule has 2 nitrogen and oxygen atoms in total. The fourth-order valence-corrected chi connectivity index (χ4v) is 1.53. The molecule has 5 heteroatoms. The number of hydrogen-bond donors (Lipinski definition) is 0. The van der Waals surface area contributed by atoms with Gasteiger partial charge in [0.1, 0.15) is 0 Å². The monoisotopic (exact) mass is 307 g/mol. The second-order valence-electron chi connectivity index (χ2n) is 4.03. The fraction of sp³-hybridized carbons (Fsp3) is 0.308. The van der Waals surface area contributed by atoms with Crippen molar-refractivity contribution in [2.75, 3.05) is 20.6 Å². The van der Waals surface area contributed by atoms with E-state index in [4.69, 9.17) is 23.2 Å². The molecule has 0 saturated carbocycles. The smallest absolute Gasteiger partial charge is 0.156 e. The zero-order valence-electron chi connectivity index (χ0n) is 10.3. The minimum absolute atomic E-state index is 0. The van der Waals surface area contributed by atoms with Gasteiger partial charge in [-0.25, -0.2) is 0 Å². The maximum atomic E-state index is 11.5. The Hall–Kier alpha value is -0.540. The van der Waals surface area contributed by atoms with Gasteiger partial charge in [-0.2, -0.15) is 0 Å². The van der Waals surface area contributed by atoms with Crippen LogP contribution >= 0.6 is 35.6 Å². The Morgan fingerprint density at radius 1 is 1.28 bits per heavy atom. The molecule has 0 amide bonds. The van der Waals surface area contributed by atoms with Gasteiger partial charge in [-0.3, -0.25) is 4.79 Å². The Labute approximate surface area is 124 Å². The zero-order valence-corrected chi connectivity index (χ0v) is 12.6. The van der Waals surface area contributed by atoms with Crippen LogP contribution in [0.2, 0.25) is 10.0 Å². The summed E-state index contributed by atoms with van der Waals surface area (Å²) in [6.45, 7) is 0.755. The highest BCUT2D eigenvalue weighted by Gasteiger charge is 1.99. The summed E-state index contributed by atoms with van der Waals surface area (Å²) in [5.74, 6) is 0.102. The van der Waals surface area contributed by atoms with Crippen LogP contribution in [-0.4, -0.2) is 31.3 Å². The molecule has 0 aromatic heterocycles. The lowest BCUT2D eigenvalue weighted by Crippen LogP contribution is -2.15. The summed E-state index contributed by atoms with van der Waals surface area (Å²) in [5, 5.41) is 1.01. The van der Waals surface area contributed by atoms with E-state index in [0.717, 1.165) is 12.1 Å². The minimum Gasteiger partial charge on any atom is -0.309 e. The average molecular weight is 309 g/mol. The first kappa shape index (κ1) is 17.5. The summed E-state index contributed by atoms with van der Waals surface area (Å²) in [7, 11) is 3.88. The number of rotatable bonds is 5. The molecule has 1 rings (SSSR count). The molecule has 0 heterocycles. The zero-order chi connectivity index (χ0) is 12.8. The molecule has 1 aromatic carbocycles. The third-order valence-electron chi connectivity index (χ3n) is 2.21. The van der Waals surface area contributed by atoms with Gasteiger partial charge in [0, 0.05) is 13.0 Å². The van der Waals surface area contributed by atoms with Crippen molar-refractivity contribution in [2.24, 2.45) is 0 Å². The molecule has 18 heavy (non-hydrogen) atoms. The molecule has 0 aliphatic carbocycles. The Kier molecular flexibility index (Phi) is 8.29. The van der Waals surface area contributed by atoms with Crippen molar-refractivity contribution in [3.8, 4) is 0 Å². The van der Waals surface area contributed by atoms with E-state index in [1.54, 1.807) is 24.3 Å². The lowest BCUT2D eigenvalue weighted by Gasteiger charge is -2.06. The van der Waals surface area contributed by atoms with Gasteiger partial charge in [0.15, 0.2) is 5.78 Å². The van der Waals surface area contributed by atoms with E-state index in [0.29, 0.717) is 16.5 Å². The van der Waals surface area contributed by atoms with E-state index in [9.17, 15) is 4.79 Å². The highest BCUT2D eigenvalue weighted by Crippen LogP contribution is 2.23. The molecule has 1 aromatic rings. The number of carbonyl (C=O) groups is 1. The van der Waals surface area contributed by atoms with Gasteiger partial charge in [0.05, 0.1) is 10.0 Å². The molecule has 0 aliphatic rings. The summed E-state index contributed by atoms with van der Waals surface area (Å²) in [6, 6.07) is 5.28. The molecule has 0 radical (unpaired) electrons. The van der Waals surface area contributed by atoms with Crippen molar-refractivity contribution in [1.82, 2.24) is 4.90 Å². The van der Waals surface area contributed by atoms with E-state index in [2.05, 4.69) is 0 Å². The molecule has 0 aliphatic heterocycles. The van der Waals surface area contributed by atoms with E-state index in [-0.39, 0.29) is 18.2 Å². The van der Waals surface area contributed by atoms with Crippen LogP contribution in [0, 0.1) is 0 Å². The molecule has 0 fully saturated rings. The Bertz CT molecular complexity index is 430. The van der Waals surface area contributed by atoms with Gasteiger partial charge >= 0.3 is 0 Å². The molecular formula is C13H16Cl3NO. The molecular weight excluding hydrogens is 293 g/mol. The first-order chi connectivity index (χ1) is 7.99. The van der Waals surface area contributed by atoms with Gasteiger partial charge in [0.2, 0.25) is 0 Å². The predicted molar refractivity (Wildman–Crippen MR) is 80.9 cm³/mol. The van der Waals surface area contributed by atoms with Gasteiger partial charge < -0.3 is 4.90 Å². The number of allylic oxidation sites excluding steroid dienone is 1. The maximum absolute atomic E-state index is 11.5. The molecule has 0 bridgehead atoms. The van der Waals surface area contributed by atoms with Crippen LogP contribution in [0.15, 0.2) is 24.3 Å². The third-order valence-corrected chi connectivity index (χ3v) is 2.95. The van der Waals surface area contributed by atoms with Crippen molar-refractivity contribution in [2.45, 2.75) is 6.42 Å². The SMILES string of the molecule is CN(C)CCC(=O)/C=C/c1ccc(Cl)c(Cl)c1.Cl. The van der Waals surface area contributed by atoms with E-state index in [1.165, 1.54) is 0 Å². The largest absolute Gasteiger partial charge is 0.309 e. The molecule has 0 spiro atoms. The summed E-state index contributed by atoms with van der Waals surface area (Å²) in [6.07, 6.45) is 3.84. The third kappa shape index (κ3) is 6.41. The summed E-state index contributed by atoms with van der Waals surface area (Å²) in [5.41, 5.74) is 0.873. The molecule has 0 atom stereocenters. The average Bonchev–Trinajstić information content (AvgIpc) is 2.28. The highest BCUT2D eigenvalue weighted by atomic mass is 35.5. The number of nitrogens with zero attached hydrogens (tertiary/aromatic N) is 1. The van der Waals surface area contributed by atoms with Crippen molar-refractivity contribution < 1.29 is 4.79 Å². The normalized spacial score (nSPS) is 10.7. The summed E-state index contributed by atoms with van der Waals surface area (Å²) in [4.78, 5) is 13.5.